The molecule has 90 valence electrons. The molecule has 0 radical (unpaired) electrons. The molecule has 0 saturated carbocycles. The Morgan fingerprint density at radius 2 is 2.50 bits per heavy atom. The summed E-state index contributed by atoms with van der Waals surface area (Å²) < 4.78 is 5.15. The van der Waals surface area contributed by atoms with E-state index in [4.69, 9.17) is 21.4 Å². The first-order chi connectivity index (χ1) is 7.74. The minimum atomic E-state index is -0.0359. The van der Waals surface area contributed by atoms with Crippen LogP contribution in [0, 0.1) is 5.92 Å². The molecule has 1 aromatic rings. The van der Waals surface area contributed by atoms with E-state index in [-0.39, 0.29) is 6.61 Å². The number of methoxy groups -OCH3 is 1. The number of rotatable bonds is 4. The number of aliphatic hydroxyl groups excluding tert-OH is 1. The number of hydrogen-bond donors (Lipinski definition) is 1. The van der Waals surface area contributed by atoms with Crippen molar-refractivity contribution in [2.75, 3.05) is 31.7 Å². The summed E-state index contributed by atoms with van der Waals surface area (Å²) in [4.78, 5) is 7.22. The smallest absolute Gasteiger partial charge is 0.187 e. The molecule has 1 aliphatic rings. The third kappa shape index (κ3) is 2.48. The van der Waals surface area contributed by atoms with E-state index in [0.29, 0.717) is 11.1 Å². The first-order valence-electron chi connectivity index (χ1n) is 5.24. The van der Waals surface area contributed by atoms with E-state index >= 15 is 0 Å². The number of ether oxygens (including phenoxy) is 1. The molecule has 1 N–H and O–H groups in total. The molecule has 2 rings (SSSR count). The Balaban J connectivity index is 2.02. The number of halogens is 1. The highest BCUT2D eigenvalue weighted by molar-refractivity contribution is 7.16. The quantitative estimate of drug-likeness (QED) is 0.898. The number of nitrogens with zero attached hydrogens (tertiary/aromatic N) is 2. The highest BCUT2D eigenvalue weighted by Crippen LogP contribution is 2.32. The molecule has 1 saturated heterocycles. The van der Waals surface area contributed by atoms with Gasteiger partial charge in [-0.05, 0) is 6.42 Å². The van der Waals surface area contributed by atoms with Gasteiger partial charge in [-0.25, -0.2) is 4.98 Å². The van der Waals surface area contributed by atoms with Crippen molar-refractivity contribution < 1.29 is 9.84 Å². The summed E-state index contributed by atoms with van der Waals surface area (Å²) in [7, 11) is 1.73. The van der Waals surface area contributed by atoms with E-state index in [0.717, 1.165) is 36.1 Å². The number of hydrogen-bond acceptors (Lipinski definition) is 5. The number of thiazole rings is 1. The van der Waals surface area contributed by atoms with Gasteiger partial charge in [-0.2, -0.15) is 0 Å². The fourth-order valence-electron chi connectivity index (χ4n) is 1.93. The topological polar surface area (TPSA) is 45.6 Å². The predicted molar refractivity (Wildman–Crippen MR) is 65.2 cm³/mol. The Bertz CT molecular complexity index is 359. The Kier molecular flexibility index (Phi) is 4.02. The molecule has 1 aliphatic heterocycles. The van der Waals surface area contributed by atoms with Crippen molar-refractivity contribution in [3.63, 3.8) is 0 Å². The first-order valence-corrected chi connectivity index (χ1v) is 6.44. The maximum absolute atomic E-state index is 9.06. The van der Waals surface area contributed by atoms with Crippen LogP contribution in [0.3, 0.4) is 0 Å². The maximum Gasteiger partial charge on any atom is 0.187 e. The fourth-order valence-corrected chi connectivity index (χ4v) is 3.08. The van der Waals surface area contributed by atoms with Crippen molar-refractivity contribution in [2.24, 2.45) is 5.92 Å². The van der Waals surface area contributed by atoms with Gasteiger partial charge in [0.25, 0.3) is 0 Å². The molecule has 6 heteroatoms. The summed E-state index contributed by atoms with van der Waals surface area (Å²) in [6.45, 7) is 2.71. The third-order valence-corrected chi connectivity index (χ3v) is 4.27. The lowest BCUT2D eigenvalue weighted by Crippen LogP contribution is -2.20. The summed E-state index contributed by atoms with van der Waals surface area (Å²) in [6, 6.07) is 0. The van der Waals surface area contributed by atoms with Crippen molar-refractivity contribution in [3.8, 4) is 0 Å². The average Bonchev–Trinajstić information content (AvgIpc) is 2.85. The zero-order chi connectivity index (χ0) is 11.5. The molecular weight excluding hydrogens is 248 g/mol. The second-order valence-corrected chi connectivity index (χ2v) is 5.34. The van der Waals surface area contributed by atoms with Crippen LogP contribution in [0.5, 0.6) is 0 Å². The van der Waals surface area contributed by atoms with Crippen LogP contribution in [-0.4, -0.2) is 36.9 Å². The fraction of sp³-hybridized carbons (Fsp3) is 0.700. The van der Waals surface area contributed by atoms with Crippen molar-refractivity contribution in [3.05, 3.63) is 10.0 Å². The lowest BCUT2D eigenvalue weighted by molar-refractivity contribution is 0.161. The molecule has 0 spiro atoms. The van der Waals surface area contributed by atoms with Crippen LogP contribution in [0.4, 0.5) is 5.13 Å². The van der Waals surface area contributed by atoms with Crippen molar-refractivity contribution >= 4 is 28.1 Å². The monoisotopic (exact) mass is 262 g/mol. The van der Waals surface area contributed by atoms with Crippen molar-refractivity contribution in [1.82, 2.24) is 4.98 Å². The lowest BCUT2D eigenvalue weighted by atomic mass is 10.1. The second-order valence-electron chi connectivity index (χ2n) is 3.92. The van der Waals surface area contributed by atoms with E-state index in [1.165, 1.54) is 11.3 Å². The molecule has 1 unspecified atom stereocenters. The molecule has 4 nitrogen and oxygen atoms in total. The summed E-state index contributed by atoms with van der Waals surface area (Å²) in [5, 5.41) is 10.4. The molecular formula is C10H15ClN2O2S. The summed E-state index contributed by atoms with van der Waals surface area (Å²) in [5.74, 6) is 0.574. The molecule has 0 aliphatic carbocycles. The average molecular weight is 263 g/mol. The highest BCUT2D eigenvalue weighted by atomic mass is 35.5. The predicted octanol–water partition coefficient (Wildman–Crippen LogP) is 1.76. The van der Waals surface area contributed by atoms with Crippen LogP contribution < -0.4 is 4.90 Å². The van der Waals surface area contributed by atoms with E-state index in [9.17, 15) is 0 Å². The molecule has 1 atom stereocenters. The summed E-state index contributed by atoms with van der Waals surface area (Å²) in [6.07, 6.45) is 1.12. The Hall–Kier alpha value is -0.360. The van der Waals surface area contributed by atoms with Gasteiger partial charge < -0.3 is 14.7 Å². The molecule has 16 heavy (non-hydrogen) atoms. The van der Waals surface area contributed by atoms with Gasteiger partial charge in [0.05, 0.1) is 18.1 Å². The van der Waals surface area contributed by atoms with Crippen LogP contribution in [0.2, 0.25) is 5.15 Å². The third-order valence-electron chi connectivity index (χ3n) is 2.74. The number of aliphatic hydroxyl groups is 1. The molecule has 1 aromatic heterocycles. The van der Waals surface area contributed by atoms with Gasteiger partial charge in [-0.15, -0.1) is 0 Å². The van der Waals surface area contributed by atoms with E-state index in [1.54, 1.807) is 7.11 Å². The van der Waals surface area contributed by atoms with Crippen LogP contribution in [0.25, 0.3) is 0 Å². The number of aromatic nitrogens is 1. The van der Waals surface area contributed by atoms with Crippen LogP contribution >= 0.6 is 22.9 Å². The lowest BCUT2D eigenvalue weighted by Gasteiger charge is -2.14. The highest BCUT2D eigenvalue weighted by Gasteiger charge is 2.25. The molecule has 0 bridgehead atoms. The van der Waals surface area contributed by atoms with Gasteiger partial charge in [-0.1, -0.05) is 22.9 Å². The van der Waals surface area contributed by atoms with Crippen molar-refractivity contribution in [1.29, 1.82) is 0 Å². The molecule has 0 amide bonds. The SMILES string of the molecule is COCC1CCN(c2nc(Cl)c(CO)s2)C1. The standard InChI is InChI=1S/C10H15ClN2O2S/c1-15-6-7-2-3-13(4-7)10-12-9(11)8(5-14)16-10/h7,14H,2-6H2,1H3. The Morgan fingerprint density at radius 3 is 3.12 bits per heavy atom. The summed E-state index contributed by atoms with van der Waals surface area (Å²) >= 11 is 7.38. The Morgan fingerprint density at radius 1 is 1.69 bits per heavy atom. The van der Waals surface area contributed by atoms with Gasteiger partial charge in [-0.3, -0.25) is 0 Å². The normalized spacial score (nSPS) is 20.7. The van der Waals surface area contributed by atoms with Gasteiger partial charge in [0.2, 0.25) is 0 Å². The van der Waals surface area contributed by atoms with Gasteiger partial charge in [0.1, 0.15) is 5.15 Å². The zero-order valence-electron chi connectivity index (χ0n) is 9.15. The van der Waals surface area contributed by atoms with Gasteiger partial charge in [0, 0.05) is 26.1 Å². The first kappa shape index (κ1) is 12.1. The van der Waals surface area contributed by atoms with Crippen molar-refractivity contribution in [2.45, 2.75) is 13.0 Å². The van der Waals surface area contributed by atoms with Crippen LogP contribution in [0.1, 0.15) is 11.3 Å². The van der Waals surface area contributed by atoms with E-state index in [2.05, 4.69) is 9.88 Å². The maximum atomic E-state index is 9.06. The second kappa shape index (κ2) is 5.31. The minimum absolute atomic E-state index is 0.0359. The van der Waals surface area contributed by atoms with Crippen LogP contribution in [-0.2, 0) is 11.3 Å². The Labute approximate surface area is 104 Å². The largest absolute Gasteiger partial charge is 0.391 e. The molecule has 1 fully saturated rings. The minimum Gasteiger partial charge on any atom is -0.391 e. The molecule has 2 heterocycles. The van der Waals surface area contributed by atoms with Gasteiger partial charge >= 0.3 is 0 Å². The number of anilines is 1. The summed E-state index contributed by atoms with van der Waals surface area (Å²) in [5.41, 5.74) is 0. The van der Waals surface area contributed by atoms with Gasteiger partial charge in [0.15, 0.2) is 5.13 Å². The van der Waals surface area contributed by atoms with E-state index in [1.807, 2.05) is 0 Å². The van der Waals surface area contributed by atoms with Crippen LogP contribution in [0.15, 0.2) is 0 Å². The zero-order valence-corrected chi connectivity index (χ0v) is 10.7. The van der Waals surface area contributed by atoms with E-state index < -0.39 is 0 Å². The molecule has 0 aromatic carbocycles.